The summed E-state index contributed by atoms with van der Waals surface area (Å²) in [6.07, 6.45) is 0. The Balaban J connectivity index is 2.47. The van der Waals surface area contributed by atoms with Crippen molar-refractivity contribution >= 4 is 22.7 Å². The minimum Gasteiger partial charge on any atom is -0.439 e. The van der Waals surface area contributed by atoms with Crippen LogP contribution in [0.25, 0.3) is 11.1 Å². The highest BCUT2D eigenvalue weighted by Crippen LogP contribution is 2.25. The number of hydrogen-bond acceptors (Lipinski definition) is 3. The van der Waals surface area contributed by atoms with Crippen molar-refractivity contribution < 1.29 is 4.42 Å². The van der Waals surface area contributed by atoms with Gasteiger partial charge in [0, 0.05) is 5.02 Å². The number of aromatic nitrogens is 1. The predicted molar refractivity (Wildman–Crippen MR) is 60.8 cm³/mol. The summed E-state index contributed by atoms with van der Waals surface area (Å²) in [4.78, 5) is 4.32. The third kappa shape index (κ3) is 1.98. The fourth-order valence-corrected chi connectivity index (χ4v) is 1.51. The van der Waals surface area contributed by atoms with Crippen molar-refractivity contribution in [2.75, 3.05) is 0 Å². The molecule has 0 aliphatic heterocycles. The number of hydrogen-bond donors (Lipinski definition) is 1. The SMILES string of the molecule is CC(C)C(N)c1nc2cc(Cl)ccc2o1. The summed E-state index contributed by atoms with van der Waals surface area (Å²) in [5, 5.41) is 0.653. The molecule has 1 aromatic heterocycles. The molecule has 0 bridgehead atoms. The van der Waals surface area contributed by atoms with Crippen LogP contribution < -0.4 is 5.73 Å². The van der Waals surface area contributed by atoms with Crippen molar-refractivity contribution in [3.05, 3.63) is 29.1 Å². The van der Waals surface area contributed by atoms with Gasteiger partial charge in [0.1, 0.15) is 5.52 Å². The lowest BCUT2D eigenvalue weighted by Crippen LogP contribution is -2.16. The van der Waals surface area contributed by atoms with Crippen molar-refractivity contribution in [3.63, 3.8) is 0 Å². The second-order valence-electron chi connectivity index (χ2n) is 3.93. The molecule has 1 aromatic carbocycles. The van der Waals surface area contributed by atoms with Gasteiger partial charge in [0.15, 0.2) is 5.58 Å². The maximum Gasteiger partial charge on any atom is 0.212 e. The molecule has 4 heteroatoms. The Morgan fingerprint density at radius 2 is 2.13 bits per heavy atom. The molecule has 2 aromatic rings. The van der Waals surface area contributed by atoms with E-state index >= 15 is 0 Å². The van der Waals surface area contributed by atoms with Gasteiger partial charge in [-0.3, -0.25) is 0 Å². The molecule has 0 amide bonds. The van der Waals surface area contributed by atoms with Crippen LogP contribution in [-0.2, 0) is 0 Å². The summed E-state index contributed by atoms with van der Waals surface area (Å²) in [6, 6.07) is 5.19. The first kappa shape index (κ1) is 10.5. The van der Waals surface area contributed by atoms with Crippen molar-refractivity contribution in [3.8, 4) is 0 Å². The number of fused-ring (bicyclic) bond motifs is 1. The quantitative estimate of drug-likeness (QED) is 0.853. The van der Waals surface area contributed by atoms with E-state index in [0.717, 1.165) is 11.1 Å². The van der Waals surface area contributed by atoms with Gasteiger partial charge in [-0.15, -0.1) is 0 Å². The average Bonchev–Trinajstić information content (AvgIpc) is 2.58. The van der Waals surface area contributed by atoms with Crippen LogP contribution in [0.3, 0.4) is 0 Å². The van der Waals surface area contributed by atoms with Gasteiger partial charge in [0.25, 0.3) is 0 Å². The molecule has 0 saturated heterocycles. The first-order chi connectivity index (χ1) is 7.08. The largest absolute Gasteiger partial charge is 0.439 e. The van der Waals surface area contributed by atoms with E-state index in [1.165, 1.54) is 0 Å². The summed E-state index contributed by atoms with van der Waals surface area (Å²) >= 11 is 5.86. The highest BCUT2D eigenvalue weighted by Gasteiger charge is 2.17. The number of rotatable bonds is 2. The summed E-state index contributed by atoms with van der Waals surface area (Å²) in [5.41, 5.74) is 7.44. The van der Waals surface area contributed by atoms with Crippen LogP contribution in [0.5, 0.6) is 0 Å². The summed E-state index contributed by atoms with van der Waals surface area (Å²) in [7, 11) is 0. The molecule has 1 atom stereocenters. The van der Waals surface area contributed by atoms with E-state index < -0.39 is 0 Å². The third-order valence-corrected chi connectivity index (χ3v) is 2.60. The lowest BCUT2D eigenvalue weighted by molar-refractivity contribution is 0.403. The van der Waals surface area contributed by atoms with Crippen molar-refractivity contribution in [2.45, 2.75) is 19.9 Å². The fourth-order valence-electron chi connectivity index (χ4n) is 1.35. The highest BCUT2D eigenvalue weighted by molar-refractivity contribution is 6.31. The molecule has 0 radical (unpaired) electrons. The van der Waals surface area contributed by atoms with Gasteiger partial charge in [-0.05, 0) is 24.1 Å². The summed E-state index contributed by atoms with van der Waals surface area (Å²) in [5.74, 6) is 0.871. The second-order valence-corrected chi connectivity index (χ2v) is 4.37. The van der Waals surface area contributed by atoms with Gasteiger partial charge in [-0.25, -0.2) is 4.98 Å². The average molecular weight is 225 g/mol. The molecular weight excluding hydrogens is 212 g/mol. The van der Waals surface area contributed by atoms with Gasteiger partial charge >= 0.3 is 0 Å². The van der Waals surface area contributed by atoms with E-state index in [9.17, 15) is 0 Å². The van der Waals surface area contributed by atoms with E-state index in [2.05, 4.69) is 4.98 Å². The Hall–Kier alpha value is -1.06. The Morgan fingerprint density at radius 3 is 2.80 bits per heavy atom. The molecule has 2 rings (SSSR count). The molecule has 0 saturated carbocycles. The van der Waals surface area contributed by atoms with Gasteiger partial charge in [0.2, 0.25) is 5.89 Å². The topological polar surface area (TPSA) is 52.0 Å². The standard InChI is InChI=1S/C11H13ClN2O/c1-6(2)10(13)11-14-8-5-7(12)3-4-9(8)15-11/h3-6,10H,13H2,1-2H3. The Morgan fingerprint density at radius 1 is 1.40 bits per heavy atom. The van der Waals surface area contributed by atoms with Crippen LogP contribution in [0.4, 0.5) is 0 Å². The van der Waals surface area contributed by atoms with E-state index in [1.54, 1.807) is 18.2 Å². The lowest BCUT2D eigenvalue weighted by Gasteiger charge is -2.10. The van der Waals surface area contributed by atoms with Crippen LogP contribution in [0.15, 0.2) is 22.6 Å². The molecule has 0 spiro atoms. The van der Waals surface area contributed by atoms with E-state index in [4.69, 9.17) is 21.8 Å². The van der Waals surface area contributed by atoms with Crippen molar-refractivity contribution in [1.82, 2.24) is 4.98 Å². The molecule has 2 N–H and O–H groups in total. The number of nitrogens with two attached hydrogens (primary N) is 1. The van der Waals surface area contributed by atoms with Crippen LogP contribution in [0.1, 0.15) is 25.8 Å². The Kier molecular flexibility index (Phi) is 2.67. The molecule has 0 aliphatic carbocycles. The molecule has 80 valence electrons. The molecule has 0 fully saturated rings. The number of halogens is 1. The summed E-state index contributed by atoms with van der Waals surface area (Å²) < 4.78 is 5.55. The normalized spacial score (nSPS) is 13.7. The first-order valence-electron chi connectivity index (χ1n) is 4.89. The zero-order valence-corrected chi connectivity index (χ0v) is 9.45. The van der Waals surface area contributed by atoms with Crippen molar-refractivity contribution in [1.29, 1.82) is 0 Å². The zero-order valence-electron chi connectivity index (χ0n) is 8.70. The molecule has 0 aliphatic rings. The van der Waals surface area contributed by atoms with Crippen LogP contribution in [0.2, 0.25) is 5.02 Å². The molecule has 1 unspecified atom stereocenters. The van der Waals surface area contributed by atoms with Crippen molar-refractivity contribution in [2.24, 2.45) is 11.7 Å². The highest BCUT2D eigenvalue weighted by atomic mass is 35.5. The lowest BCUT2D eigenvalue weighted by atomic mass is 10.1. The van der Waals surface area contributed by atoms with E-state index in [1.807, 2.05) is 13.8 Å². The van der Waals surface area contributed by atoms with E-state index in [-0.39, 0.29) is 6.04 Å². The van der Waals surface area contributed by atoms with Gasteiger partial charge in [0.05, 0.1) is 6.04 Å². The van der Waals surface area contributed by atoms with Gasteiger partial charge in [-0.2, -0.15) is 0 Å². The minimum absolute atomic E-state index is 0.170. The number of oxazole rings is 1. The summed E-state index contributed by atoms with van der Waals surface area (Å²) in [6.45, 7) is 4.07. The number of benzene rings is 1. The van der Waals surface area contributed by atoms with Gasteiger partial charge in [-0.1, -0.05) is 25.4 Å². The monoisotopic (exact) mass is 224 g/mol. The first-order valence-corrected chi connectivity index (χ1v) is 5.27. The maximum atomic E-state index is 5.95. The van der Waals surface area contributed by atoms with Crippen LogP contribution in [-0.4, -0.2) is 4.98 Å². The maximum absolute atomic E-state index is 5.95. The van der Waals surface area contributed by atoms with Crippen LogP contribution in [0, 0.1) is 5.92 Å². The number of nitrogens with zero attached hydrogens (tertiary/aromatic N) is 1. The fraction of sp³-hybridized carbons (Fsp3) is 0.364. The van der Waals surface area contributed by atoms with Gasteiger partial charge < -0.3 is 10.2 Å². The van der Waals surface area contributed by atoms with Crippen LogP contribution >= 0.6 is 11.6 Å². The Bertz CT molecular complexity index is 478. The Labute approximate surface area is 93.2 Å². The minimum atomic E-state index is -0.170. The predicted octanol–water partition coefficient (Wildman–Crippen LogP) is 3.14. The van der Waals surface area contributed by atoms with E-state index in [0.29, 0.717) is 16.8 Å². The zero-order chi connectivity index (χ0) is 11.0. The second kappa shape index (κ2) is 3.83. The molecule has 3 nitrogen and oxygen atoms in total. The molecule has 15 heavy (non-hydrogen) atoms. The molecule has 1 heterocycles. The third-order valence-electron chi connectivity index (χ3n) is 2.37. The smallest absolute Gasteiger partial charge is 0.212 e. The molecular formula is C11H13ClN2O.